The zero-order valence-corrected chi connectivity index (χ0v) is 13.5. The van der Waals surface area contributed by atoms with Gasteiger partial charge in [-0.2, -0.15) is 0 Å². The fourth-order valence-corrected chi connectivity index (χ4v) is 3.60. The maximum atomic E-state index is 12.1. The highest BCUT2D eigenvalue weighted by atomic mass is 16.6. The van der Waals surface area contributed by atoms with Crippen LogP contribution in [-0.4, -0.2) is 18.3 Å². The Balaban J connectivity index is 1.49. The van der Waals surface area contributed by atoms with Crippen molar-refractivity contribution in [3.05, 3.63) is 35.4 Å². The third-order valence-electron chi connectivity index (χ3n) is 4.84. The number of hydrogen-bond donors (Lipinski definition) is 2. The standard InChI is InChI=1S/C18H25N3O2/c19-18(14-7-1-2-8-14)21-23-12-17(22)20-16-11-5-9-13-6-3-4-10-15(13)16/h3-4,6,10,14,16H,1-2,5,7-9,11-12H2,(H2,19,21)(H,20,22)/t16-/m0/s1. The van der Waals surface area contributed by atoms with Crippen LogP contribution in [0.5, 0.6) is 0 Å². The lowest BCUT2D eigenvalue weighted by molar-refractivity contribution is -0.126. The fraction of sp³-hybridized carbons (Fsp3) is 0.556. The van der Waals surface area contributed by atoms with E-state index in [9.17, 15) is 4.79 Å². The second-order valence-corrected chi connectivity index (χ2v) is 6.48. The lowest BCUT2D eigenvalue weighted by atomic mass is 9.88. The summed E-state index contributed by atoms with van der Waals surface area (Å²) in [6, 6.07) is 8.37. The summed E-state index contributed by atoms with van der Waals surface area (Å²) in [4.78, 5) is 17.2. The van der Waals surface area contributed by atoms with Gasteiger partial charge in [0.25, 0.3) is 5.91 Å². The molecule has 0 unspecified atom stereocenters. The Hall–Kier alpha value is -2.04. The molecule has 5 nitrogen and oxygen atoms in total. The molecule has 2 aliphatic carbocycles. The minimum absolute atomic E-state index is 0.0761. The van der Waals surface area contributed by atoms with Gasteiger partial charge in [-0.05, 0) is 43.2 Å². The van der Waals surface area contributed by atoms with Crippen molar-refractivity contribution in [3.63, 3.8) is 0 Å². The van der Waals surface area contributed by atoms with Gasteiger partial charge in [-0.3, -0.25) is 4.79 Å². The van der Waals surface area contributed by atoms with Crippen LogP contribution in [0.15, 0.2) is 29.4 Å². The van der Waals surface area contributed by atoms with Crippen LogP contribution < -0.4 is 11.1 Å². The van der Waals surface area contributed by atoms with Crippen LogP contribution in [0, 0.1) is 5.92 Å². The number of fused-ring (bicyclic) bond motifs is 1. The molecule has 0 spiro atoms. The number of amides is 1. The molecule has 1 amide bonds. The Bertz CT molecular complexity index is 579. The van der Waals surface area contributed by atoms with Crippen LogP contribution in [0.2, 0.25) is 0 Å². The van der Waals surface area contributed by atoms with Crippen molar-refractivity contribution in [2.75, 3.05) is 6.61 Å². The third-order valence-corrected chi connectivity index (χ3v) is 4.84. The van der Waals surface area contributed by atoms with Crippen molar-refractivity contribution < 1.29 is 9.63 Å². The zero-order chi connectivity index (χ0) is 16.1. The van der Waals surface area contributed by atoms with E-state index in [1.54, 1.807) is 0 Å². The topological polar surface area (TPSA) is 76.7 Å². The van der Waals surface area contributed by atoms with Crippen molar-refractivity contribution in [3.8, 4) is 0 Å². The predicted octanol–water partition coefficient (Wildman–Crippen LogP) is 2.66. The van der Waals surface area contributed by atoms with Crippen molar-refractivity contribution >= 4 is 11.7 Å². The van der Waals surface area contributed by atoms with Gasteiger partial charge in [-0.1, -0.05) is 42.3 Å². The van der Waals surface area contributed by atoms with Crippen LogP contribution >= 0.6 is 0 Å². The van der Waals surface area contributed by atoms with Gasteiger partial charge >= 0.3 is 0 Å². The largest absolute Gasteiger partial charge is 0.384 e. The molecular weight excluding hydrogens is 290 g/mol. The van der Waals surface area contributed by atoms with Crippen molar-refractivity contribution in [2.45, 2.75) is 51.0 Å². The van der Waals surface area contributed by atoms with Gasteiger partial charge in [0.2, 0.25) is 0 Å². The van der Waals surface area contributed by atoms with Gasteiger partial charge in [0.05, 0.1) is 6.04 Å². The minimum Gasteiger partial charge on any atom is -0.384 e. The van der Waals surface area contributed by atoms with E-state index in [2.05, 4.69) is 22.6 Å². The SMILES string of the molecule is N/C(=N\OCC(=O)N[C@H]1CCCc2ccccc21)C1CCCC1. The average Bonchev–Trinajstić information content (AvgIpc) is 3.10. The molecule has 1 fully saturated rings. The summed E-state index contributed by atoms with van der Waals surface area (Å²) in [6.07, 6.45) is 7.69. The van der Waals surface area contributed by atoms with Crippen LogP contribution in [0.4, 0.5) is 0 Å². The molecule has 0 heterocycles. The zero-order valence-electron chi connectivity index (χ0n) is 13.5. The number of nitrogens with zero attached hydrogens (tertiary/aromatic N) is 1. The maximum absolute atomic E-state index is 12.1. The molecule has 0 radical (unpaired) electrons. The van der Waals surface area contributed by atoms with Crippen LogP contribution in [0.25, 0.3) is 0 Å². The van der Waals surface area contributed by atoms with Crippen molar-refractivity contribution in [1.29, 1.82) is 0 Å². The highest BCUT2D eigenvalue weighted by molar-refractivity contribution is 5.82. The van der Waals surface area contributed by atoms with Gasteiger partial charge in [-0.15, -0.1) is 0 Å². The second-order valence-electron chi connectivity index (χ2n) is 6.48. The molecule has 5 heteroatoms. The first-order valence-corrected chi connectivity index (χ1v) is 8.56. The lowest BCUT2D eigenvalue weighted by Gasteiger charge is -2.26. The first kappa shape index (κ1) is 15.8. The van der Waals surface area contributed by atoms with Gasteiger partial charge in [0.15, 0.2) is 6.61 Å². The summed E-state index contributed by atoms with van der Waals surface area (Å²) in [7, 11) is 0. The molecule has 3 N–H and O–H groups in total. The Morgan fingerprint density at radius 3 is 2.83 bits per heavy atom. The Labute approximate surface area is 137 Å². The van der Waals surface area contributed by atoms with Crippen LogP contribution in [0.1, 0.15) is 55.7 Å². The molecular formula is C18H25N3O2. The second kappa shape index (κ2) is 7.49. The van der Waals surface area contributed by atoms with Gasteiger partial charge in [0, 0.05) is 5.92 Å². The lowest BCUT2D eigenvalue weighted by Crippen LogP contribution is -2.33. The number of nitrogens with two attached hydrogens (primary N) is 1. The number of carbonyl (C=O) groups excluding carboxylic acids is 1. The highest BCUT2D eigenvalue weighted by Crippen LogP contribution is 2.29. The molecule has 1 atom stereocenters. The van der Waals surface area contributed by atoms with Gasteiger partial charge in [0.1, 0.15) is 5.84 Å². The van der Waals surface area contributed by atoms with Crippen molar-refractivity contribution in [2.24, 2.45) is 16.8 Å². The molecule has 0 aliphatic heterocycles. The molecule has 124 valence electrons. The van der Waals surface area contributed by atoms with E-state index < -0.39 is 0 Å². The fourth-order valence-electron chi connectivity index (χ4n) is 3.60. The monoisotopic (exact) mass is 315 g/mol. The maximum Gasteiger partial charge on any atom is 0.261 e. The summed E-state index contributed by atoms with van der Waals surface area (Å²) in [5.74, 6) is 0.705. The Kier molecular flexibility index (Phi) is 5.16. The molecule has 0 aromatic heterocycles. The summed E-state index contributed by atoms with van der Waals surface area (Å²) in [6.45, 7) is -0.0773. The van der Waals surface area contributed by atoms with Gasteiger partial charge in [-0.25, -0.2) is 0 Å². The van der Waals surface area contributed by atoms with E-state index >= 15 is 0 Å². The van der Waals surface area contributed by atoms with Crippen LogP contribution in [0.3, 0.4) is 0 Å². The molecule has 1 saturated carbocycles. The molecule has 2 aliphatic rings. The normalized spacial score (nSPS) is 21.7. The smallest absolute Gasteiger partial charge is 0.261 e. The van der Waals surface area contributed by atoms with E-state index in [-0.39, 0.29) is 18.6 Å². The van der Waals surface area contributed by atoms with Crippen LogP contribution in [-0.2, 0) is 16.1 Å². The number of carbonyl (C=O) groups is 1. The molecule has 0 bridgehead atoms. The van der Waals surface area contributed by atoms with E-state index in [1.165, 1.54) is 24.0 Å². The summed E-state index contributed by atoms with van der Waals surface area (Å²) in [5.41, 5.74) is 8.46. The summed E-state index contributed by atoms with van der Waals surface area (Å²) >= 11 is 0. The first-order chi connectivity index (χ1) is 11.2. The van der Waals surface area contributed by atoms with E-state index in [1.807, 2.05) is 12.1 Å². The number of aryl methyl sites for hydroxylation is 1. The molecule has 23 heavy (non-hydrogen) atoms. The quantitative estimate of drug-likeness (QED) is 0.498. The average molecular weight is 315 g/mol. The number of rotatable bonds is 5. The Morgan fingerprint density at radius 1 is 1.22 bits per heavy atom. The molecule has 3 rings (SSSR count). The van der Waals surface area contributed by atoms with Gasteiger partial charge < -0.3 is 15.9 Å². The third kappa shape index (κ3) is 4.03. The number of benzene rings is 1. The van der Waals surface area contributed by atoms with E-state index in [0.29, 0.717) is 11.8 Å². The highest BCUT2D eigenvalue weighted by Gasteiger charge is 2.22. The molecule has 1 aromatic carbocycles. The first-order valence-electron chi connectivity index (χ1n) is 8.56. The van der Waals surface area contributed by atoms with E-state index in [4.69, 9.17) is 10.6 Å². The van der Waals surface area contributed by atoms with E-state index in [0.717, 1.165) is 32.1 Å². The number of oxime groups is 1. The summed E-state index contributed by atoms with van der Waals surface area (Å²) < 4.78 is 0. The summed E-state index contributed by atoms with van der Waals surface area (Å²) in [5, 5.41) is 6.96. The minimum atomic E-state index is -0.144. The van der Waals surface area contributed by atoms with Crippen molar-refractivity contribution in [1.82, 2.24) is 5.32 Å². The molecule has 0 saturated heterocycles. The predicted molar refractivity (Wildman–Crippen MR) is 89.8 cm³/mol. The Morgan fingerprint density at radius 2 is 2.00 bits per heavy atom. The number of nitrogens with one attached hydrogen (secondary N) is 1. The number of amidine groups is 1. The molecule has 1 aromatic rings. The number of hydrogen-bond acceptors (Lipinski definition) is 3.